The molecule has 0 aliphatic carbocycles. The van der Waals surface area contributed by atoms with Gasteiger partial charge < -0.3 is 9.64 Å². The van der Waals surface area contributed by atoms with Crippen molar-refractivity contribution in [2.24, 2.45) is 0 Å². The van der Waals surface area contributed by atoms with Gasteiger partial charge in [-0.3, -0.25) is 10.1 Å². The minimum absolute atomic E-state index is 0.232. The molecule has 31 heavy (non-hydrogen) atoms. The van der Waals surface area contributed by atoms with E-state index < -0.39 is 0 Å². The molecule has 1 heterocycles. The second-order valence-corrected chi connectivity index (χ2v) is 8.61. The lowest BCUT2D eigenvalue weighted by Crippen LogP contribution is -2.45. The summed E-state index contributed by atoms with van der Waals surface area (Å²) in [6.07, 6.45) is 2.86. The summed E-state index contributed by atoms with van der Waals surface area (Å²) in [5.74, 6) is 0.476. The summed E-state index contributed by atoms with van der Waals surface area (Å²) in [6, 6.07) is 23.7. The second kappa shape index (κ2) is 10.1. The number of para-hydroxylation sites is 1. The third kappa shape index (κ3) is 5.32. The van der Waals surface area contributed by atoms with Crippen molar-refractivity contribution in [2.45, 2.75) is 19.3 Å². The zero-order valence-corrected chi connectivity index (χ0v) is 19.4. The van der Waals surface area contributed by atoms with Crippen molar-refractivity contribution >= 4 is 44.9 Å². The van der Waals surface area contributed by atoms with Crippen LogP contribution in [0.25, 0.3) is 0 Å². The fourth-order valence-electron chi connectivity index (χ4n) is 3.66. The van der Waals surface area contributed by atoms with E-state index in [4.69, 9.17) is 17.0 Å². The first-order valence-electron chi connectivity index (χ1n) is 10.3. The van der Waals surface area contributed by atoms with E-state index in [1.54, 1.807) is 12.1 Å². The van der Waals surface area contributed by atoms with E-state index in [0.29, 0.717) is 23.0 Å². The molecule has 0 bridgehead atoms. The molecule has 3 aromatic rings. The van der Waals surface area contributed by atoms with Gasteiger partial charge >= 0.3 is 0 Å². The Balaban J connectivity index is 1.37. The van der Waals surface area contributed by atoms with Crippen molar-refractivity contribution in [3.8, 4) is 5.75 Å². The van der Waals surface area contributed by atoms with Gasteiger partial charge in [-0.15, -0.1) is 0 Å². The average Bonchev–Trinajstić information content (AvgIpc) is 2.80. The van der Waals surface area contributed by atoms with Crippen molar-refractivity contribution in [2.75, 3.05) is 18.1 Å². The maximum Gasteiger partial charge on any atom is 0.257 e. The molecule has 1 aliphatic rings. The summed E-state index contributed by atoms with van der Waals surface area (Å²) in [7, 11) is 0. The van der Waals surface area contributed by atoms with E-state index in [2.05, 4.69) is 39.4 Å². The zero-order valence-electron chi connectivity index (χ0n) is 17.0. The highest BCUT2D eigenvalue weighted by molar-refractivity contribution is 9.10. The molecule has 1 N–H and O–H groups in total. The molecule has 0 aromatic heterocycles. The van der Waals surface area contributed by atoms with E-state index >= 15 is 0 Å². The van der Waals surface area contributed by atoms with Crippen LogP contribution in [-0.2, 0) is 12.8 Å². The lowest BCUT2D eigenvalue weighted by atomic mass is 10.0. The third-order valence-electron chi connectivity index (χ3n) is 5.26. The fraction of sp³-hybridized carbons (Fsp3) is 0.200. The molecule has 0 radical (unpaired) electrons. The molecule has 0 saturated heterocycles. The summed E-state index contributed by atoms with van der Waals surface area (Å²) < 4.78 is 6.62. The van der Waals surface area contributed by atoms with E-state index in [0.717, 1.165) is 36.0 Å². The summed E-state index contributed by atoms with van der Waals surface area (Å²) in [5, 5.41) is 3.30. The van der Waals surface area contributed by atoms with Crippen molar-refractivity contribution in [3.63, 3.8) is 0 Å². The van der Waals surface area contributed by atoms with Crippen molar-refractivity contribution in [1.29, 1.82) is 0 Å². The number of aryl methyl sites for hydroxylation is 1. The molecule has 6 heteroatoms. The molecule has 1 amide bonds. The van der Waals surface area contributed by atoms with Gasteiger partial charge in [0, 0.05) is 24.2 Å². The van der Waals surface area contributed by atoms with Crippen LogP contribution in [0.5, 0.6) is 5.75 Å². The van der Waals surface area contributed by atoms with E-state index in [1.807, 2.05) is 47.4 Å². The van der Waals surface area contributed by atoms with Gasteiger partial charge in [0.25, 0.3) is 5.91 Å². The fourth-order valence-corrected chi connectivity index (χ4v) is 4.44. The Labute approximate surface area is 196 Å². The quantitative estimate of drug-likeness (QED) is 0.472. The van der Waals surface area contributed by atoms with Gasteiger partial charge in [-0.1, -0.05) is 48.5 Å². The predicted octanol–water partition coefficient (Wildman–Crippen LogP) is 5.54. The highest BCUT2D eigenvalue weighted by Crippen LogP contribution is 2.28. The Kier molecular flexibility index (Phi) is 6.99. The summed E-state index contributed by atoms with van der Waals surface area (Å²) in [4.78, 5) is 14.8. The van der Waals surface area contributed by atoms with Crippen LogP contribution in [0.4, 0.5) is 5.69 Å². The van der Waals surface area contributed by atoms with Crippen LogP contribution in [-0.4, -0.2) is 24.2 Å². The number of thiocarbonyl (C=S) groups is 1. The first-order valence-corrected chi connectivity index (χ1v) is 11.5. The molecular formula is C25H23BrN2O2S. The van der Waals surface area contributed by atoms with Crippen LogP contribution in [0, 0.1) is 0 Å². The Morgan fingerprint density at radius 3 is 2.65 bits per heavy atom. The largest absolute Gasteiger partial charge is 0.492 e. The third-order valence-corrected chi connectivity index (χ3v) is 6.20. The highest BCUT2D eigenvalue weighted by Gasteiger charge is 2.21. The van der Waals surface area contributed by atoms with Gasteiger partial charge in [0.2, 0.25) is 0 Å². The van der Waals surface area contributed by atoms with Crippen molar-refractivity contribution in [3.05, 3.63) is 94.0 Å². The maximum absolute atomic E-state index is 12.8. The molecule has 0 atom stereocenters. The maximum atomic E-state index is 12.8. The van der Waals surface area contributed by atoms with Crippen LogP contribution in [0.2, 0.25) is 0 Å². The van der Waals surface area contributed by atoms with Crippen LogP contribution >= 0.6 is 28.1 Å². The first kappa shape index (κ1) is 21.5. The molecule has 4 nitrogen and oxygen atoms in total. The standard InChI is InChI=1S/C25H23BrN2O2S/c26-21-17-20(12-13-23(21)30-16-14-18-7-2-1-3-8-18)24(29)27-25(31)28-15-6-10-19-9-4-5-11-22(19)28/h1-5,7-9,11-13,17H,6,10,14-16H2,(H,27,29,31). The number of hydrogen-bond acceptors (Lipinski definition) is 3. The Bertz CT molecular complexity index is 1090. The van der Waals surface area contributed by atoms with Crippen LogP contribution in [0.3, 0.4) is 0 Å². The molecule has 4 rings (SSSR count). The molecule has 0 spiro atoms. The average molecular weight is 495 g/mol. The number of ether oxygens (including phenoxy) is 1. The minimum atomic E-state index is -0.232. The number of nitrogens with zero attached hydrogens (tertiary/aromatic N) is 1. The molecule has 0 saturated carbocycles. The normalized spacial score (nSPS) is 12.7. The molecule has 1 aliphatic heterocycles. The SMILES string of the molecule is O=C(NC(=S)N1CCCc2ccccc21)c1ccc(OCCc2ccccc2)c(Br)c1. The summed E-state index contributed by atoms with van der Waals surface area (Å²) in [5.41, 5.74) is 4.07. The summed E-state index contributed by atoms with van der Waals surface area (Å²) in [6.45, 7) is 1.36. The Morgan fingerprint density at radius 1 is 1.06 bits per heavy atom. The van der Waals surface area contributed by atoms with E-state index in [-0.39, 0.29) is 5.91 Å². The van der Waals surface area contributed by atoms with Crippen LogP contribution in [0.1, 0.15) is 27.9 Å². The molecule has 3 aromatic carbocycles. The number of halogens is 1. The van der Waals surface area contributed by atoms with E-state index in [1.165, 1.54) is 11.1 Å². The molecule has 0 unspecified atom stereocenters. The van der Waals surface area contributed by atoms with Gasteiger partial charge in [0.1, 0.15) is 5.75 Å². The number of nitrogens with one attached hydrogen (secondary N) is 1. The van der Waals surface area contributed by atoms with Gasteiger partial charge in [0.15, 0.2) is 5.11 Å². The van der Waals surface area contributed by atoms with E-state index in [9.17, 15) is 4.79 Å². The van der Waals surface area contributed by atoms with Crippen molar-refractivity contribution in [1.82, 2.24) is 5.32 Å². The minimum Gasteiger partial charge on any atom is -0.492 e. The topological polar surface area (TPSA) is 41.6 Å². The number of carbonyl (C=O) groups is 1. The molecular weight excluding hydrogens is 472 g/mol. The lowest BCUT2D eigenvalue weighted by Gasteiger charge is -2.31. The number of rotatable bonds is 5. The number of anilines is 1. The second-order valence-electron chi connectivity index (χ2n) is 7.37. The number of hydrogen-bond donors (Lipinski definition) is 1. The van der Waals surface area contributed by atoms with Crippen LogP contribution in [0.15, 0.2) is 77.3 Å². The number of carbonyl (C=O) groups excluding carboxylic acids is 1. The molecule has 158 valence electrons. The first-order chi connectivity index (χ1) is 15.1. The number of fused-ring (bicyclic) bond motifs is 1. The lowest BCUT2D eigenvalue weighted by molar-refractivity contribution is 0.0977. The van der Waals surface area contributed by atoms with Crippen molar-refractivity contribution < 1.29 is 9.53 Å². The van der Waals surface area contributed by atoms with Gasteiger partial charge in [-0.2, -0.15) is 0 Å². The Hall–Kier alpha value is -2.70. The number of benzene rings is 3. The van der Waals surface area contributed by atoms with Gasteiger partial charge in [-0.25, -0.2) is 0 Å². The number of amides is 1. The van der Waals surface area contributed by atoms with Crippen LogP contribution < -0.4 is 15.0 Å². The predicted molar refractivity (Wildman–Crippen MR) is 132 cm³/mol. The van der Waals surface area contributed by atoms with Gasteiger partial charge in [0.05, 0.1) is 11.1 Å². The Morgan fingerprint density at radius 2 is 1.84 bits per heavy atom. The van der Waals surface area contributed by atoms with Gasteiger partial charge in [-0.05, 0) is 76.4 Å². The zero-order chi connectivity index (χ0) is 21.6. The monoisotopic (exact) mass is 494 g/mol. The highest BCUT2D eigenvalue weighted by atomic mass is 79.9. The molecule has 0 fully saturated rings. The smallest absolute Gasteiger partial charge is 0.257 e. The summed E-state index contributed by atoms with van der Waals surface area (Å²) >= 11 is 9.06.